The first-order valence-corrected chi connectivity index (χ1v) is 11.5. The van der Waals surface area contributed by atoms with E-state index in [0.717, 1.165) is 27.8 Å². The molecule has 0 fully saturated rings. The van der Waals surface area contributed by atoms with E-state index >= 15 is 0 Å². The molecule has 162 valence electrons. The zero-order valence-electron chi connectivity index (χ0n) is 16.4. The number of benzene rings is 2. The molecule has 1 amide bonds. The summed E-state index contributed by atoms with van der Waals surface area (Å²) in [6, 6.07) is 13.9. The first-order valence-electron chi connectivity index (χ1n) is 9.20. The van der Waals surface area contributed by atoms with Gasteiger partial charge in [0.05, 0.1) is 17.9 Å². The quantitative estimate of drug-likeness (QED) is 0.513. The molecule has 1 N–H and O–H groups in total. The van der Waals surface area contributed by atoms with Crippen LogP contribution in [0.25, 0.3) is 0 Å². The average Bonchev–Trinajstić information content (AvgIpc) is 3.29. The van der Waals surface area contributed by atoms with Crippen LogP contribution in [0.5, 0.6) is 0 Å². The van der Waals surface area contributed by atoms with Crippen LogP contribution in [0, 0.1) is 5.82 Å². The van der Waals surface area contributed by atoms with Crippen molar-refractivity contribution in [3.05, 3.63) is 77.4 Å². The largest absolute Gasteiger partial charge is 0.462 e. The van der Waals surface area contributed by atoms with Crippen molar-refractivity contribution < 1.29 is 27.1 Å². The van der Waals surface area contributed by atoms with Gasteiger partial charge in [-0.15, -0.1) is 11.3 Å². The second kappa shape index (κ2) is 9.71. The van der Waals surface area contributed by atoms with E-state index in [1.807, 2.05) is 0 Å². The molecule has 2 aromatic carbocycles. The second-order valence-corrected chi connectivity index (χ2v) is 9.30. The topological polar surface area (TPSA) is 92.8 Å². The van der Waals surface area contributed by atoms with Crippen LogP contribution in [0.1, 0.15) is 17.3 Å². The van der Waals surface area contributed by atoms with Crippen molar-refractivity contribution >= 4 is 44.6 Å². The molecule has 0 radical (unpaired) electrons. The van der Waals surface area contributed by atoms with Gasteiger partial charge in [0.2, 0.25) is 5.91 Å². The monoisotopic (exact) mass is 462 g/mol. The minimum atomic E-state index is -4.03. The maximum atomic E-state index is 13.3. The molecule has 0 saturated heterocycles. The van der Waals surface area contributed by atoms with E-state index < -0.39 is 34.3 Å². The predicted molar refractivity (Wildman–Crippen MR) is 116 cm³/mol. The summed E-state index contributed by atoms with van der Waals surface area (Å²) in [5, 5.41) is 4.21. The molecule has 1 heterocycles. The van der Waals surface area contributed by atoms with E-state index in [9.17, 15) is 22.4 Å². The summed E-state index contributed by atoms with van der Waals surface area (Å²) >= 11 is 1.02. The van der Waals surface area contributed by atoms with Crippen LogP contribution < -0.4 is 9.62 Å². The Morgan fingerprint density at radius 3 is 2.32 bits per heavy atom. The lowest BCUT2D eigenvalue weighted by Gasteiger charge is -2.23. The molecule has 0 bridgehead atoms. The molecule has 0 atom stereocenters. The number of carbonyl (C=O) groups excluding carboxylic acids is 2. The lowest BCUT2D eigenvalue weighted by atomic mass is 10.2. The number of carbonyl (C=O) groups is 2. The van der Waals surface area contributed by atoms with E-state index in [-0.39, 0.29) is 16.5 Å². The number of nitrogens with zero attached hydrogens (tertiary/aromatic N) is 1. The molecule has 31 heavy (non-hydrogen) atoms. The van der Waals surface area contributed by atoms with E-state index in [1.54, 1.807) is 18.4 Å². The third-order valence-corrected chi connectivity index (χ3v) is 7.27. The van der Waals surface area contributed by atoms with Gasteiger partial charge in [-0.05, 0) is 66.9 Å². The number of halogens is 1. The molecule has 0 spiro atoms. The van der Waals surface area contributed by atoms with Gasteiger partial charge in [-0.25, -0.2) is 17.6 Å². The van der Waals surface area contributed by atoms with Gasteiger partial charge in [-0.1, -0.05) is 6.07 Å². The smallest absolute Gasteiger partial charge is 0.338 e. The number of hydrogen-bond donors (Lipinski definition) is 1. The highest BCUT2D eigenvalue weighted by molar-refractivity contribution is 7.94. The summed E-state index contributed by atoms with van der Waals surface area (Å²) in [6.45, 7) is 1.42. The van der Waals surface area contributed by atoms with Gasteiger partial charge in [0.25, 0.3) is 10.0 Å². The molecular weight excluding hydrogens is 443 g/mol. The van der Waals surface area contributed by atoms with Crippen molar-refractivity contribution in [2.75, 3.05) is 22.8 Å². The van der Waals surface area contributed by atoms with Crippen molar-refractivity contribution in [3.8, 4) is 0 Å². The lowest BCUT2D eigenvalue weighted by molar-refractivity contribution is -0.114. The Morgan fingerprint density at radius 1 is 1.06 bits per heavy atom. The zero-order valence-corrected chi connectivity index (χ0v) is 18.1. The van der Waals surface area contributed by atoms with Crippen molar-refractivity contribution in [2.24, 2.45) is 0 Å². The number of esters is 1. The molecular formula is C21H19FN2O5S2. The Hall–Kier alpha value is -3.24. The highest BCUT2D eigenvalue weighted by Gasteiger charge is 2.28. The summed E-state index contributed by atoms with van der Waals surface area (Å²) in [5.41, 5.74) is 0.862. The predicted octanol–water partition coefficient (Wildman–Crippen LogP) is 3.90. The molecule has 0 aliphatic heterocycles. The number of thiophene rings is 1. The minimum absolute atomic E-state index is 0.0587. The molecule has 3 aromatic rings. The van der Waals surface area contributed by atoms with Crippen molar-refractivity contribution in [3.63, 3.8) is 0 Å². The molecule has 0 aliphatic carbocycles. The first kappa shape index (κ1) is 22.4. The molecule has 3 rings (SSSR count). The van der Waals surface area contributed by atoms with E-state index in [1.165, 1.54) is 42.5 Å². The average molecular weight is 463 g/mol. The van der Waals surface area contributed by atoms with Gasteiger partial charge in [-0.2, -0.15) is 0 Å². The van der Waals surface area contributed by atoms with Crippen LogP contribution >= 0.6 is 11.3 Å². The summed E-state index contributed by atoms with van der Waals surface area (Å²) in [5.74, 6) is -1.61. The van der Waals surface area contributed by atoms with Crippen molar-refractivity contribution in [2.45, 2.75) is 11.1 Å². The van der Waals surface area contributed by atoms with E-state index in [2.05, 4.69) is 5.32 Å². The third kappa shape index (κ3) is 5.47. The Bertz CT molecular complexity index is 1150. The van der Waals surface area contributed by atoms with E-state index in [0.29, 0.717) is 11.3 Å². The Morgan fingerprint density at radius 2 is 1.74 bits per heavy atom. The number of amides is 1. The minimum Gasteiger partial charge on any atom is -0.462 e. The van der Waals surface area contributed by atoms with Gasteiger partial charge in [0, 0.05) is 5.69 Å². The molecule has 10 heteroatoms. The highest BCUT2D eigenvalue weighted by Crippen LogP contribution is 2.26. The van der Waals surface area contributed by atoms with Gasteiger partial charge in [0.15, 0.2) is 0 Å². The van der Waals surface area contributed by atoms with Crippen LogP contribution in [-0.4, -0.2) is 33.4 Å². The maximum Gasteiger partial charge on any atom is 0.338 e. The number of nitrogens with one attached hydrogen (secondary N) is 1. The van der Waals surface area contributed by atoms with Crippen LogP contribution in [0.3, 0.4) is 0 Å². The lowest BCUT2D eigenvalue weighted by Crippen LogP contribution is -2.37. The molecule has 1 aromatic heterocycles. The standard InChI is InChI=1S/C21H19FN2O5S2/c1-2-29-21(26)15-5-9-17(10-6-15)23-19(25)14-24(18-11-7-16(22)8-12-18)31(27,28)20-4-3-13-30-20/h3-13H,2,14H2,1H3,(H,23,25). The highest BCUT2D eigenvalue weighted by atomic mass is 32.2. The SMILES string of the molecule is CCOC(=O)c1ccc(NC(=O)CN(c2ccc(F)cc2)S(=O)(=O)c2cccs2)cc1. The zero-order chi connectivity index (χ0) is 22.4. The Labute approximate surface area is 183 Å². The van der Waals surface area contributed by atoms with Crippen LogP contribution in [-0.2, 0) is 19.6 Å². The summed E-state index contributed by atoms with van der Waals surface area (Å²) in [4.78, 5) is 24.3. The molecule has 0 unspecified atom stereocenters. The number of sulfonamides is 1. The first-order chi connectivity index (χ1) is 14.8. The van der Waals surface area contributed by atoms with Crippen molar-refractivity contribution in [1.82, 2.24) is 0 Å². The number of ether oxygens (including phenoxy) is 1. The molecule has 0 aliphatic rings. The number of rotatable bonds is 8. The summed E-state index contributed by atoms with van der Waals surface area (Å²) in [7, 11) is -4.03. The van der Waals surface area contributed by atoms with E-state index in [4.69, 9.17) is 4.74 Å². The fourth-order valence-corrected chi connectivity index (χ4v) is 5.20. The third-order valence-electron chi connectivity index (χ3n) is 4.12. The maximum absolute atomic E-state index is 13.3. The normalized spacial score (nSPS) is 11.0. The van der Waals surface area contributed by atoms with Crippen LogP contribution in [0.4, 0.5) is 15.8 Å². The fourth-order valence-electron chi connectivity index (χ4n) is 2.68. The van der Waals surface area contributed by atoms with Crippen LogP contribution in [0.2, 0.25) is 0 Å². The van der Waals surface area contributed by atoms with Gasteiger partial charge < -0.3 is 10.1 Å². The molecule has 7 nitrogen and oxygen atoms in total. The fraction of sp³-hybridized carbons (Fsp3) is 0.143. The second-order valence-electron chi connectivity index (χ2n) is 6.27. The Kier molecular flexibility index (Phi) is 7.03. The van der Waals surface area contributed by atoms with Crippen molar-refractivity contribution in [1.29, 1.82) is 0 Å². The number of hydrogen-bond acceptors (Lipinski definition) is 6. The number of anilines is 2. The molecule has 0 saturated carbocycles. The van der Waals surface area contributed by atoms with Gasteiger partial charge >= 0.3 is 5.97 Å². The van der Waals surface area contributed by atoms with Crippen LogP contribution in [0.15, 0.2) is 70.3 Å². The summed E-state index contributed by atoms with van der Waals surface area (Å²) < 4.78 is 45.3. The summed E-state index contributed by atoms with van der Waals surface area (Å²) in [6.07, 6.45) is 0. The van der Waals surface area contributed by atoms with Gasteiger partial charge in [-0.3, -0.25) is 9.10 Å². The van der Waals surface area contributed by atoms with Gasteiger partial charge in [0.1, 0.15) is 16.6 Å². The Balaban J connectivity index is 1.80.